The quantitative estimate of drug-likeness (QED) is 0.920. The number of hydrogen-bond donors (Lipinski definition) is 1. The highest BCUT2D eigenvalue weighted by Crippen LogP contribution is 2.41. The van der Waals surface area contributed by atoms with Gasteiger partial charge >= 0.3 is 0 Å². The van der Waals surface area contributed by atoms with Crippen molar-refractivity contribution >= 4 is 5.69 Å². The van der Waals surface area contributed by atoms with E-state index in [0.29, 0.717) is 6.04 Å². The summed E-state index contributed by atoms with van der Waals surface area (Å²) in [5, 5.41) is 3.64. The molecule has 0 amide bonds. The molecule has 1 heterocycles. The fraction of sp³-hybridized carbons (Fsp3) is 0.647. The van der Waals surface area contributed by atoms with Crippen molar-refractivity contribution in [3.63, 3.8) is 0 Å². The van der Waals surface area contributed by atoms with Crippen LogP contribution in [0.15, 0.2) is 18.2 Å². The molecule has 0 bridgehead atoms. The lowest BCUT2D eigenvalue weighted by molar-refractivity contribution is -0.0767. The summed E-state index contributed by atoms with van der Waals surface area (Å²) in [5.41, 5.74) is 1.14. The molecule has 116 valence electrons. The lowest BCUT2D eigenvalue weighted by Gasteiger charge is -2.39. The van der Waals surface area contributed by atoms with Crippen LogP contribution >= 0.6 is 0 Å². The molecule has 3 rings (SSSR count). The molecule has 1 saturated heterocycles. The van der Waals surface area contributed by atoms with Gasteiger partial charge in [-0.1, -0.05) is 12.8 Å². The molecule has 0 aromatic heterocycles. The van der Waals surface area contributed by atoms with Crippen LogP contribution in [0.3, 0.4) is 0 Å². The molecule has 1 aliphatic carbocycles. The summed E-state index contributed by atoms with van der Waals surface area (Å²) in [6.45, 7) is 0.851. The highest BCUT2D eigenvalue weighted by atomic mass is 16.5. The highest BCUT2D eigenvalue weighted by molar-refractivity contribution is 5.60. The molecule has 1 saturated carbocycles. The first kappa shape index (κ1) is 14.5. The van der Waals surface area contributed by atoms with Gasteiger partial charge in [-0.05, 0) is 37.8 Å². The highest BCUT2D eigenvalue weighted by Gasteiger charge is 2.39. The molecule has 1 aromatic carbocycles. The zero-order valence-corrected chi connectivity index (χ0v) is 13.0. The second kappa shape index (κ2) is 6.14. The third-order valence-electron chi connectivity index (χ3n) is 4.77. The van der Waals surface area contributed by atoms with Crippen molar-refractivity contribution < 1.29 is 14.2 Å². The van der Waals surface area contributed by atoms with Gasteiger partial charge in [-0.3, -0.25) is 0 Å². The molecular weight excluding hydrogens is 266 g/mol. The Bertz CT molecular complexity index is 483. The summed E-state index contributed by atoms with van der Waals surface area (Å²) < 4.78 is 16.9. The summed E-state index contributed by atoms with van der Waals surface area (Å²) in [4.78, 5) is 0. The van der Waals surface area contributed by atoms with Gasteiger partial charge in [-0.2, -0.15) is 0 Å². The molecule has 2 fully saturated rings. The molecular formula is C17H25NO3. The first-order valence-corrected chi connectivity index (χ1v) is 7.87. The molecule has 0 radical (unpaired) electrons. The maximum atomic E-state index is 6.10. The van der Waals surface area contributed by atoms with Crippen molar-refractivity contribution in [3.8, 4) is 11.5 Å². The number of nitrogens with one attached hydrogen (secondary N) is 1. The third kappa shape index (κ3) is 3.10. The van der Waals surface area contributed by atoms with E-state index in [1.807, 2.05) is 18.2 Å². The van der Waals surface area contributed by atoms with Crippen molar-refractivity contribution in [2.24, 2.45) is 0 Å². The van der Waals surface area contributed by atoms with Gasteiger partial charge in [0.1, 0.15) is 11.5 Å². The van der Waals surface area contributed by atoms with Gasteiger partial charge in [0.2, 0.25) is 0 Å². The molecule has 1 aliphatic heterocycles. The monoisotopic (exact) mass is 291 g/mol. The topological polar surface area (TPSA) is 39.7 Å². The van der Waals surface area contributed by atoms with Gasteiger partial charge < -0.3 is 19.5 Å². The van der Waals surface area contributed by atoms with E-state index in [2.05, 4.69) is 5.32 Å². The molecule has 1 aromatic rings. The SMILES string of the molecule is COc1ccc(OC)c(NC2CCOC3(CCCC3)C2)c1. The normalized spacial score (nSPS) is 24.0. The van der Waals surface area contributed by atoms with Gasteiger partial charge in [-0.15, -0.1) is 0 Å². The second-order valence-corrected chi connectivity index (χ2v) is 6.14. The Balaban J connectivity index is 1.73. The molecule has 4 nitrogen and oxygen atoms in total. The minimum Gasteiger partial charge on any atom is -0.497 e. The minimum atomic E-state index is 0.127. The zero-order chi connectivity index (χ0) is 14.7. The Hall–Kier alpha value is -1.42. The fourth-order valence-electron chi connectivity index (χ4n) is 3.67. The van der Waals surface area contributed by atoms with E-state index in [9.17, 15) is 0 Å². The van der Waals surface area contributed by atoms with Crippen LogP contribution in [0.1, 0.15) is 38.5 Å². The number of rotatable bonds is 4. The van der Waals surface area contributed by atoms with Crippen LogP contribution in [-0.4, -0.2) is 32.5 Å². The summed E-state index contributed by atoms with van der Waals surface area (Å²) in [6.07, 6.45) is 7.15. The molecule has 1 spiro atoms. The standard InChI is InChI=1S/C17H25NO3/c1-19-14-5-6-16(20-2)15(11-14)18-13-7-10-21-17(12-13)8-3-4-9-17/h5-6,11,13,18H,3-4,7-10,12H2,1-2H3. The van der Waals surface area contributed by atoms with Crippen molar-refractivity contribution in [3.05, 3.63) is 18.2 Å². The summed E-state index contributed by atoms with van der Waals surface area (Å²) >= 11 is 0. The Morgan fingerprint density at radius 3 is 2.71 bits per heavy atom. The molecule has 1 N–H and O–H groups in total. The number of benzene rings is 1. The predicted octanol–water partition coefficient (Wildman–Crippen LogP) is 3.61. The molecule has 2 aliphatic rings. The Morgan fingerprint density at radius 1 is 1.19 bits per heavy atom. The van der Waals surface area contributed by atoms with E-state index in [-0.39, 0.29) is 5.60 Å². The number of anilines is 1. The van der Waals surface area contributed by atoms with E-state index in [1.54, 1.807) is 14.2 Å². The second-order valence-electron chi connectivity index (χ2n) is 6.14. The average molecular weight is 291 g/mol. The molecule has 1 atom stereocenters. The van der Waals surface area contributed by atoms with E-state index < -0.39 is 0 Å². The molecule has 21 heavy (non-hydrogen) atoms. The summed E-state index contributed by atoms with van der Waals surface area (Å²) in [5.74, 6) is 1.71. The first-order valence-electron chi connectivity index (χ1n) is 7.87. The Kier molecular flexibility index (Phi) is 4.24. The fourth-order valence-corrected chi connectivity index (χ4v) is 3.67. The van der Waals surface area contributed by atoms with Crippen molar-refractivity contribution in [1.82, 2.24) is 0 Å². The lowest BCUT2D eigenvalue weighted by atomic mass is 9.89. The molecule has 4 heteroatoms. The van der Waals surface area contributed by atoms with E-state index in [0.717, 1.165) is 36.6 Å². The largest absolute Gasteiger partial charge is 0.497 e. The predicted molar refractivity (Wildman–Crippen MR) is 83.3 cm³/mol. The zero-order valence-electron chi connectivity index (χ0n) is 13.0. The van der Waals surface area contributed by atoms with Crippen LogP contribution in [0, 0.1) is 0 Å². The van der Waals surface area contributed by atoms with Crippen molar-refractivity contribution in [2.45, 2.75) is 50.2 Å². The summed E-state index contributed by atoms with van der Waals surface area (Å²) in [7, 11) is 3.39. The van der Waals surface area contributed by atoms with Gasteiger partial charge in [0, 0.05) is 18.7 Å². The maximum absolute atomic E-state index is 6.10. The van der Waals surface area contributed by atoms with Crippen LogP contribution in [0.5, 0.6) is 11.5 Å². The van der Waals surface area contributed by atoms with Crippen LogP contribution < -0.4 is 14.8 Å². The molecule has 1 unspecified atom stereocenters. The Morgan fingerprint density at radius 2 is 2.00 bits per heavy atom. The van der Waals surface area contributed by atoms with E-state index in [4.69, 9.17) is 14.2 Å². The average Bonchev–Trinajstić information content (AvgIpc) is 2.95. The smallest absolute Gasteiger partial charge is 0.142 e. The van der Waals surface area contributed by atoms with Crippen LogP contribution in [-0.2, 0) is 4.74 Å². The van der Waals surface area contributed by atoms with Gasteiger partial charge in [0.25, 0.3) is 0 Å². The number of hydrogen-bond acceptors (Lipinski definition) is 4. The van der Waals surface area contributed by atoms with Crippen molar-refractivity contribution in [2.75, 3.05) is 26.1 Å². The third-order valence-corrected chi connectivity index (χ3v) is 4.77. The first-order chi connectivity index (χ1) is 10.2. The minimum absolute atomic E-state index is 0.127. The van der Waals surface area contributed by atoms with Gasteiger partial charge in [-0.25, -0.2) is 0 Å². The Labute approximate surface area is 126 Å². The summed E-state index contributed by atoms with van der Waals surface area (Å²) in [6, 6.07) is 6.33. The van der Waals surface area contributed by atoms with Crippen LogP contribution in [0.4, 0.5) is 5.69 Å². The van der Waals surface area contributed by atoms with Gasteiger partial charge in [0.15, 0.2) is 0 Å². The van der Waals surface area contributed by atoms with Crippen LogP contribution in [0.25, 0.3) is 0 Å². The maximum Gasteiger partial charge on any atom is 0.142 e. The van der Waals surface area contributed by atoms with Crippen LogP contribution in [0.2, 0.25) is 0 Å². The number of ether oxygens (including phenoxy) is 3. The van der Waals surface area contributed by atoms with E-state index in [1.165, 1.54) is 25.7 Å². The lowest BCUT2D eigenvalue weighted by Crippen LogP contribution is -2.42. The van der Waals surface area contributed by atoms with Gasteiger partial charge in [0.05, 0.1) is 25.5 Å². The van der Waals surface area contributed by atoms with Crippen molar-refractivity contribution in [1.29, 1.82) is 0 Å². The number of methoxy groups -OCH3 is 2. The van der Waals surface area contributed by atoms with E-state index >= 15 is 0 Å².